The van der Waals surface area contributed by atoms with Gasteiger partial charge in [0, 0.05) is 0 Å². The second kappa shape index (κ2) is 2.67. The van der Waals surface area contributed by atoms with Crippen LogP contribution in [0.15, 0.2) is 0 Å². The van der Waals surface area contributed by atoms with Crippen LogP contribution in [0.3, 0.4) is 0 Å². The fourth-order valence-corrected chi connectivity index (χ4v) is 0.803. The van der Waals surface area contributed by atoms with E-state index >= 15 is 0 Å². The summed E-state index contributed by atoms with van der Waals surface area (Å²) in [4.78, 5) is 0. The summed E-state index contributed by atoms with van der Waals surface area (Å²) >= 11 is 0. The molecule has 0 aliphatic heterocycles. The molecular formula is C7H14O2. The second-order valence-electron chi connectivity index (χ2n) is 3.27. The highest BCUT2D eigenvalue weighted by Gasteiger charge is 2.30. The van der Waals surface area contributed by atoms with Gasteiger partial charge in [0.15, 0.2) is 0 Å². The van der Waals surface area contributed by atoms with E-state index in [1.807, 2.05) is 0 Å². The summed E-state index contributed by atoms with van der Waals surface area (Å²) in [6.45, 7) is 6.42. The third kappa shape index (κ3) is 2.82. The molecule has 0 aliphatic rings. The van der Waals surface area contributed by atoms with Crippen LogP contribution >= 0.6 is 0 Å². The predicted octanol–water partition coefficient (Wildman–Crippen LogP) is 1.65. The second-order valence-corrected chi connectivity index (χ2v) is 3.27. The Hall–Kier alpha value is -0.0800. The molecule has 0 bridgehead atoms. The van der Waals surface area contributed by atoms with Crippen molar-refractivity contribution < 1.29 is 10.2 Å². The Morgan fingerprint density at radius 2 is 1.56 bits per heavy atom. The lowest BCUT2D eigenvalue weighted by Gasteiger charge is -2.22. The van der Waals surface area contributed by atoms with Gasteiger partial charge in [-0.15, -0.1) is 0 Å². The maximum Gasteiger partial charge on any atom is 0.127 e. The summed E-state index contributed by atoms with van der Waals surface area (Å²) in [5.74, 6) is -0.0579. The minimum absolute atomic E-state index is 0.0579. The van der Waals surface area contributed by atoms with Crippen LogP contribution in [-0.4, -0.2) is 11.7 Å². The van der Waals surface area contributed by atoms with Gasteiger partial charge in [-0.3, -0.25) is 0 Å². The van der Waals surface area contributed by atoms with Gasteiger partial charge in [-0.1, -0.05) is 13.8 Å². The van der Waals surface area contributed by atoms with Crippen molar-refractivity contribution >= 4 is 0 Å². The van der Waals surface area contributed by atoms with Crippen molar-refractivity contribution in [1.29, 1.82) is 0 Å². The molecule has 1 unspecified atom stereocenters. The molecule has 0 N–H and O–H groups in total. The van der Waals surface area contributed by atoms with E-state index < -0.39 is 11.7 Å². The third-order valence-electron chi connectivity index (χ3n) is 1.29. The van der Waals surface area contributed by atoms with Crippen LogP contribution < -0.4 is 0 Å². The molecule has 9 heavy (non-hydrogen) atoms. The Balaban J connectivity index is 3.88. The van der Waals surface area contributed by atoms with Crippen LogP contribution in [0.25, 0.3) is 0 Å². The van der Waals surface area contributed by atoms with Crippen LogP contribution in [0.2, 0.25) is 0 Å². The molecule has 0 aromatic rings. The molecule has 0 aromatic carbocycles. The maximum absolute atomic E-state index is 10.9. The summed E-state index contributed by atoms with van der Waals surface area (Å²) in [5, 5.41) is 21.9. The Bertz CT molecular complexity index is 81.4. The highest BCUT2D eigenvalue weighted by molar-refractivity contribution is 4.77. The van der Waals surface area contributed by atoms with E-state index in [1.54, 1.807) is 13.8 Å². The first-order valence-corrected chi connectivity index (χ1v) is 3.22. The molecule has 2 heteroatoms. The van der Waals surface area contributed by atoms with Crippen molar-refractivity contribution in [1.82, 2.24) is 0 Å². The number of rotatable bonds is 2. The molecular weight excluding hydrogens is 116 g/mol. The molecule has 0 heterocycles. The van der Waals surface area contributed by atoms with Gasteiger partial charge in [0.2, 0.25) is 0 Å². The van der Waals surface area contributed by atoms with Gasteiger partial charge < -0.3 is 0 Å². The van der Waals surface area contributed by atoms with E-state index in [9.17, 15) is 10.2 Å². The quantitative estimate of drug-likeness (QED) is 0.545. The van der Waals surface area contributed by atoms with E-state index in [0.717, 1.165) is 0 Å². The first-order valence-electron chi connectivity index (χ1n) is 3.22. The molecule has 0 amide bonds. The molecule has 0 saturated heterocycles. The molecule has 1 atom stereocenters. The minimum Gasteiger partial charge on any atom is -0.230 e. The van der Waals surface area contributed by atoms with E-state index in [2.05, 4.69) is 0 Å². The highest BCUT2D eigenvalue weighted by Crippen LogP contribution is 2.16. The first kappa shape index (κ1) is 8.92. The van der Waals surface area contributed by atoms with Gasteiger partial charge in [0.05, 0.1) is 0 Å². The lowest BCUT2D eigenvalue weighted by molar-refractivity contribution is -0.138. The molecule has 0 rings (SSSR count). The average Bonchev–Trinajstić information content (AvgIpc) is 1.62. The van der Waals surface area contributed by atoms with Gasteiger partial charge >= 0.3 is 0 Å². The largest absolute Gasteiger partial charge is 0.230 e. The van der Waals surface area contributed by atoms with E-state index in [4.69, 9.17) is 0 Å². The zero-order chi connectivity index (χ0) is 7.65. The fraction of sp³-hybridized carbons (Fsp3) is 1.00. The van der Waals surface area contributed by atoms with Crippen LogP contribution in [0.4, 0.5) is 0 Å². The smallest absolute Gasteiger partial charge is 0.127 e. The van der Waals surface area contributed by atoms with Crippen molar-refractivity contribution in [2.24, 2.45) is 5.92 Å². The van der Waals surface area contributed by atoms with Crippen LogP contribution in [0.1, 0.15) is 27.7 Å². The average molecular weight is 130 g/mol. The summed E-state index contributed by atoms with van der Waals surface area (Å²) in [5.41, 5.74) is -1.33. The Labute approximate surface area is 56.5 Å². The van der Waals surface area contributed by atoms with E-state index in [-0.39, 0.29) is 5.92 Å². The predicted molar refractivity (Wildman–Crippen MR) is 34.1 cm³/mol. The molecule has 0 spiro atoms. The lowest BCUT2D eigenvalue weighted by atomic mass is 9.93. The van der Waals surface area contributed by atoms with Crippen LogP contribution in [0.5, 0.6) is 0 Å². The van der Waals surface area contributed by atoms with Gasteiger partial charge in [-0.2, -0.15) is 0 Å². The zero-order valence-corrected chi connectivity index (χ0v) is 6.47. The van der Waals surface area contributed by atoms with Crippen LogP contribution in [-0.2, 0) is 10.2 Å². The van der Waals surface area contributed by atoms with Gasteiger partial charge in [0.1, 0.15) is 11.7 Å². The standard InChI is InChI=1S/C7H14O2/c1-5(2)6(8)7(3,4)9/h5-6H,1-4H3. The molecule has 0 aromatic heterocycles. The molecule has 0 fully saturated rings. The molecule has 54 valence electrons. The maximum atomic E-state index is 10.9. The van der Waals surface area contributed by atoms with Crippen molar-refractivity contribution in [3.05, 3.63) is 0 Å². The Morgan fingerprint density at radius 1 is 1.22 bits per heavy atom. The normalized spacial score (nSPS) is 16.3. The lowest BCUT2D eigenvalue weighted by Crippen LogP contribution is -2.37. The minimum atomic E-state index is -1.33. The molecule has 2 radical (unpaired) electrons. The van der Waals surface area contributed by atoms with E-state index in [1.165, 1.54) is 13.8 Å². The first-order chi connectivity index (χ1) is 3.85. The molecule has 2 nitrogen and oxygen atoms in total. The van der Waals surface area contributed by atoms with Gasteiger partial charge in [0.25, 0.3) is 0 Å². The summed E-state index contributed by atoms with van der Waals surface area (Å²) in [7, 11) is 0. The SMILES string of the molecule is CC(C)C([O])C(C)(C)[O]. The number of hydrogen-bond acceptors (Lipinski definition) is 0. The van der Waals surface area contributed by atoms with Gasteiger partial charge in [-0.05, 0) is 19.8 Å². The zero-order valence-electron chi connectivity index (χ0n) is 6.47. The Morgan fingerprint density at radius 3 is 1.56 bits per heavy atom. The van der Waals surface area contributed by atoms with Crippen molar-refractivity contribution in [3.63, 3.8) is 0 Å². The van der Waals surface area contributed by atoms with Crippen molar-refractivity contribution in [3.8, 4) is 0 Å². The van der Waals surface area contributed by atoms with Gasteiger partial charge in [-0.25, -0.2) is 10.2 Å². The monoisotopic (exact) mass is 130 g/mol. The Kier molecular flexibility index (Phi) is 2.65. The summed E-state index contributed by atoms with van der Waals surface area (Å²) in [6.07, 6.45) is -0.988. The van der Waals surface area contributed by atoms with E-state index in [0.29, 0.717) is 0 Å². The number of hydrogen-bond donors (Lipinski definition) is 0. The highest BCUT2D eigenvalue weighted by atomic mass is 16.3. The third-order valence-corrected chi connectivity index (χ3v) is 1.29. The van der Waals surface area contributed by atoms with Crippen molar-refractivity contribution in [2.45, 2.75) is 39.4 Å². The fourth-order valence-electron chi connectivity index (χ4n) is 0.803. The summed E-state index contributed by atoms with van der Waals surface area (Å²) < 4.78 is 0. The van der Waals surface area contributed by atoms with Crippen LogP contribution in [0, 0.1) is 5.92 Å². The molecule has 0 saturated carbocycles. The van der Waals surface area contributed by atoms with Crippen molar-refractivity contribution in [2.75, 3.05) is 0 Å². The summed E-state index contributed by atoms with van der Waals surface area (Å²) in [6, 6.07) is 0. The molecule has 0 aliphatic carbocycles. The topological polar surface area (TPSA) is 39.8 Å².